The third-order valence-electron chi connectivity index (χ3n) is 2.13. The van der Waals surface area contributed by atoms with Crippen molar-refractivity contribution in [2.75, 3.05) is 5.33 Å². The highest BCUT2D eigenvalue weighted by atomic mass is 79.9. The first-order valence-electron chi connectivity index (χ1n) is 4.79. The first-order valence-corrected chi connectivity index (χ1v) is 6.68. The minimum Gasteiger partial charge on any atom is -0.348 e. The molecule has 1 aromatic heterocycles. The van der Waals surface area contributed by atoms with Crippen molar-refractivity contribution in [3.63, 3.8) is 0 Å². The van der Waals surface area contributed by atoms with Gasteiger partial charge in [0.25, 0.3) is 5.91 Å². The summed E-state index contributed by atoms with van der Waals surface area (Å²) in [7, 11) is 0. The molecule has 1 rings (SSSR count). The van der Waals surface area contributed by atoms with Crippen LogP contribution in [-0.2, 0) is 0 Å². The zero-order valence-corrected chi connectivity index (χ0v) is 11.1. The molecule has 0 aliphatic carbocycles. The zero-order valence-electron chi connectivity index (χ0n) is 8.74. The van der Waals surface area contributed by atoms with Crippen LogP contribution in [0, 0.1) is 5.92 Å². The molecule has 84 valence electrons. The van der Waals surface area contributed by atoms with Crippen LogP contribution in [0.25, 0.3) is 0 Å². The van der Waals surface area contributed by atoms with Crippen molar-refractivity contribution in [2.24, 2.45) is 5.92 Å². The fraction of sp³-hybridized carbons (Fsp3) is 0.667. The first kappa shape index (κ1) is 12.6. The van der Waals surface area contributed by atoms with E-state index in [1.807, 2.05) is 0 Å². The van der Waals surface area contributed by atoms with Gasteiger partial charge in [0.15, 0.2) is 0 Å². The lowest BCUT2D eigenvalue weighted by atomic mass is 10.0. The van der Waals surface area contributed by atoms with E-state index in [1.165, 1.54) is 6.20 Å². The van der Waals surface area contributed by atoms with E-state index >= 15 is 0 Å². The summed E-state index contributed by atoms with van der Waals surface area (Å²) in [4.78, 5) is 12.3. The van der Waals surface area contributed by atoms with Gasteiger partial charge in [-0.25, -0.2) is 0 Å². The highest BCUT2D eigenvalue weighted by molar-refractivity contribution is 9.09. The summed E-state index contributed by atoms with van der Waals surface area (Å²) in [6.07, 6.45) is 2.42. The molecule has 1 aromatic rings. The number of aromatic nitrogens is 2. The van der Waals surface area contributed by atoms with Crippen molar-refractivity contribution in [3.05, 3.63) is 11.1 Å². The predicted molar refractivity (Wildman–Crippen MR) is 64.4 cm³/mol. The molecule has 0 spiro atoms. The van der Waals surface area contributed by atoms with Gasteiger partial charge in [-0.1, -0.05) is 34.3 Å². The third-order valence-corrected chi connectivity index (χ3v) is 3.25. The van der Waals surface area contributed by atoms with Crippen molar-refractivity contribution in [1.82, 2.24) is 14.9 Å². The third kappa shape index (κ3) is 3.87. The van der Waals surface area contributed by atoms with E-state index in [-0.39, 0.29) is 11.9 Å². The van der Waals surface area contributed by atoms with Crippen LogP contribution in [0.5, 0.6) is 0 Å². The molecule has 15 heavy (non-hydrogen) atoms. The lowest BCUT2D eigenvalue weighted by Crippen LogP contribution is -2.38. The predicted octanol–water partition coefficient (Wildman–Crippen LogP) is 2.08. The zero-order chi connectivity index (χ0) is 11.3. The fourth-order valence-corrected chi connectivity index (χ4v) is 2.11. The van der Waals surface area contributed by atoms with Gasteiger partial charge in [0.2, 0.25) is 0 Å². The maximum atomic E-state index is 11.7. The molecular formula is C9H14BrN3OS. The molecule has 0 saturated carbocycles. The summed E-state index contributed by atoms with van der Waals surface area (Å²) in [5, 5.41) is 7.51. The number of halogens is 1. The number of nitrogens with zero attached hydrogens (tertiary/aromatic N) is 2. The highest BCUT2D eigenvalue weighted by Crippen LogP contribution is 2.10. The molecule has 0 fully saturated rings. The van der Waals surface area contributed by atoms with Gasteiger partial charge < -0.3 is 5.32 Å². The van der Waals surface area contributed by atoms with Crippen molar-refractivity contribution >= 4 is 33.4 Å². The Balaban J connectivity index is 2.55. The van der Waals surface area contributed by atoms with Crippen LogP contribution in [0.15, 0.2) is 6.20 Å². The number of carbonyl (C=O) groups excluding carboxylic acids is 1. The maximum absolute atomic E-state index is 11.7. The molecule has 0 bridgehead atoms. The number of hydrogen-bond acceptors (Lipinski definition) is 4. The van der Waals surface area contributed by atoms with E-state index in [0.717, 1.165) is 23.3 Å². The van der Waals surface area contributed by atoms with E-state index in [1.54, 1.807) is 0 Å². The summed E-state index contributed by atoms with van der Waals surface area (Å²) in [6, 6.07) is 0.193. The molecule has 1 amide bonds. The molecule has 6 heteroatoms. The standard InChI is InChI=1S/C9H14BrN3OS/c1-6(2)7(3-4-10)12-9(14)8-5-11-13-15-8/h5-7H,3-4H2,1-2H3,(H,12,14). The molecule has 0 saturated heterocycles. The molecular weight excluding hydrogens is 278 g/mol. The summed E-state index contributed by atoms with van der Waals surface area (Å²) in [6.45, 7) is 4.19. The van der Waals surface area contributed by atoms with Crippen molar-refractivity contribution < 1.29 is 4.79 Å². The fourth-order valence-electron chi connectivity index (χ4n) is 1.20. The number of amides is 1. The largest absolute Gasteiger partial charge is 0.348 e. The van der Waals surface area contributed by atoms with Gasteiger partial charge in [-0.05, 0) is 23.9 Å². The molecule has 1 N–H and O–H groups in total. The summed E-state index contributed by atoms with van der Waals surface area (Å²) >= 11 is 4.50. The van der Waals surface area contributed by atoms with Crippen molar-refractivity contribution in [1.29, 1.82) is 0 Å². The lowest BCUT2D eigenvalue weighted by Gasteiger charge is -2.20. The second-order valence-corrected chi connectivity index (χ2v) is 5.16. The summed E-state index contributed by atoms with van der Waals surface area (Å²) in [5.74, 6) is 0.344. The molecule has 0 aromatic carbocycles. The molecule has 0 aliphatic heterocycles. The SMILES string of the molecule is CC(C)C(CCBr)NC(=O)c1cnns1. The minimum atomic E-state index is -0.0790. The Morgan fingerprint density at radius 3 is 2.87 bits per heavy atom. The molecule has 4 nitrogen and oxygen atoms in total. The lowest BCUT2D eigenvalue weighted by molar-refractivity contribution is 0.0929. The van der Waals surface area contributed by atoms with Crippen LogP contribution >= 0.6 is 27.5 Å². The van der Waals surface area contributed by atoms with E-state index in [0.29, 0.717) is 10.8 Å². The minimum absolute atomic E-state index is 0.0790. The summed E-state index contributed by atoms with van der Waals surface area (Å²) in [5.41, 5.74) is 0. The van der Waals surface area contributed by atoms with Crippen LogP contribution in [0.2, 0.25) is 0 Å². The molecule has 1 unspecified atom stereocenters. The average molecular weight is 292 g/mol. The number of rotatable bonds is 5. The average Bonchev–Trinajstić information content (AvgIpc) is 2.69. The smallest absolute Gasteiger partial charge is 0.264 e. The van der Waals surface area contributed by atoms with E-state index < -0.39 is 0 Å². The van der Waals surface area contributed by atoms with Crippen LogP contribution in [0.4, 0.5) is 0 Å². The Morgan fingerprint density at radius 2 is 2.40 bits per heavy atom. The van der Waals surface area contributed by atoms with E-state index in [2.05, 4.69) is 44.7 Å². The molecule has 0 radical (unpaired) electrons. The van der Waals surface area contributed by atoms with Crippen LogP contribution in [-0.4, -0.2) is 26.9 Å². The molecule has 0 aliphatic rings. The maximum Gasteiger partial charge on any atom is 0.264 e. The first-order chi connectivity index (χ1) is 7.15. The summed E-state index contributed by atoms with van der Waals surface area (Å²) < 4.78 is 3.66. The van der Waals surface area contributed by atoms with Crippen LogP contribution < -0.4 is 5.32 Å². The van der Waals surface area contributed by atoms with Gasteiger partial charge in [-0.15, -0.1) is 5.10 Å². The monoisotopic (exact) mass is 291 g/mol. The Morgan fingerprint density at radius 1 is 1.67 bits per heavy atom. The molecule has 1 heterocycles. The van der Waals surface area contributed by atoms with E-state index in [4.69, 9.17) is 0 Å². The van der Waals surface area contributed by atoms with Gasteiger partial charge >= 0.3 is 0 Å². The van der Waals surface area contributed by atoms with Gasteiger partial charge in [0.05, 0.1) is 6.20 Å². The number of hydrogen-bond donors (Lipinski definition) is 1. The molecule has 1 atom stereocenters. The Kier molecular flexibility index (Phi) is 5.17. The van der Waals surface area contributed by atoms with Gasteiger partial charge in [-0.2, -0.15) is 0 Å². The van der Waals surface area contributed by atoms with Gasteiger partial charge in [0, 0.05) is 11.4 Å². The van der Waals surface area contributed by atoms with Crippen LogP contribution in [0.3, 0.4) is 0 Å². The van der Waals surface area contributed by atoms with Crippen LogP contribution in [0.1, 0.15) is 29.9 Å². The Bertz CT molecular complexity index is 302. The number of carbonyl (C=O) groups is 1. The Labute approximate surface area is 102 Å². The second kappa shape index (κ2) is 6.17. The number of alkyl halides is 1. The number of nitrogens with one attached hydrogen (secondary N) is 1. The second-order valence-electron chi connectivity index (χ2n) is 3.58. The Hall–Kier alpha value is -0.490. The normalized spacial score (nSPS) is 12.8. The van der Waals surface area contributed by atoms with Crippen molar-refractivity contribution in [2.45, 2.75) is 26.3 Å². The van der Waals surface area contributed by atoms with Gasteiger partial charge in [-0.3, -0.25) is 4.79 Å². The van der Waals surface area contributed by atoms with E-state index in [9.17, 15) is 4.79 Å². The van der Waals surface area contributed by atoms with Gasteiger partial charge in [0.1, 0.15) is 4.88 Å². The quantitative estimate of drug-likeness (QED) is 0.845. The highest BCUT2D eigenvalue weighted by Gasteiger charge is 2.17. The van der Waals surface area contributed by atoms with Crippen molar-refractivity contribution in [3.8, 4) is 0 Å². The topological polar surface area (TPSA) is 54.9 Å².